The predicted molar refractivity (Wildman–Crippen MR) is 109 cm³/mol. The molecule has 2 heterocycles. The highest BCUT2D eigenvalue weighted by molar-refractivity contribution is 7.85. The minimum atomic E-state index is -4.34. The Labute approximate surface area is 177 Å². The van der Waals surface area contributed by atoms with E-state index < -0.39 is 16.4 Å². The Morgan fingerprint density at radius 2 is 1.87 bits per heavy atom. The molecule has 0 saturated carbocycles. The Balaban J connectivity index is 1.99. The summed E-state index contributed by atoms with van der Waals surface area (Å²) in [7, 11) is -1.32. The zero-order chi connectivity index (χ0) is 22.6. The van der Waals surface area contributed by atoms with Gasteiger partial charge in [-0.05, 0) is 12.1 Å². The van der Waals surface area contributed by atoms with E-state index in [0.29, 0.717) is 44.8 Å². The zero-order valence-corrected chi connectivity index (χ0v) is 17.3. The summed E-state index contributed by atoms with van der Waals surface area (Å²) in [5, 5.41) is 10.2. The molecule has 12 heteroatoms. The lowest BCUT2D eigenvalue weighted by Crippen LogP contribution is -2.30. The van der Waals surface area contributed by atoms with E-state index >= 15 is 0 Å². The second kappa shape index (κ2) is 8.82. The van der Waals surface area contributed by atoms with Gasteiger partial charge in [0.05, 0.1) is 37.5 Å². The van der Waals surface area contributed by atoms with Crippen LogP contribution in [0.15, 0.2) is 36.7 Å². The molecule has 0 bridgehead atoms. The van der Waals surface area contributed by atoms with Gasteiger partial charge in [0, 0.05) is 35.0 Å². The molecule has 0 aliphatic heterocycles. The van der Waals surface area contributed by atoms with Crippen LogP contribution >= 0.6 is 0 Å². The molecule has 3 aromatic rings. The molecule has 0 spiro atoms. The summed E-state index contributed by atoms with van der Waals surface area (Å²) in [6, 6.07) is 8.79. The standard InChI is InChI=1S/C19H17N5O6S/c1-28-16-5-14-15(6-17(16)29-2)23-9-12(7-20)18(14)11-3-4-13(22-8-11)10-24-31(26,27)30-19(21)25/h3-6,8-9,24H,10H2,1-2H3,(H2,21,25). The fourth-order valence-corrected chi connectivity index (χ4v) is 3.49. The number of primary amides is 1. The third-order valence-electron chi connectivity index (χ3n) is 4.23. The maximum atomic E-state index is 11.5. The number of nitriles is 1. The molecule has 160 valence electrons. The molecule has 31 heavy (non-hydrogen) atoms. The maximum Gasteiger partial charge on any atom is 0.421 e. The van der Waals surface area contributed by atoms with Crippen LogP contribution in [0.5, 0.6) is 11.5 Å². The number of rotatable bonds is 7. The van der Waals surface area contributed by atoms with E-state index in [1.54, 1.807) is 24.3 Å². The average molecular weight is 443 g/mol. The summed E-state index contributed by atoms with van der Waals surface area (Å²) in [4.78, 5) is 19.1. The van der Waals surface area contributed by atoms with Crippen molar-refractivity contribution in [3.8, 4) is 28.7 Å². The lowest BCUT2D eigenvalue weighted by Gasteiger charge is -2.13. The first-order chi connectivity index (χ1) is 14.8. The van der Waals surface area contributed by atoms with Crippen LogP contribution in [0.1, 0.15) is 11.3 Å². The number of carbonyl (C=O) groups excluding carboxylic acids is 1. The summed E-state index contributed by atoms with van der Waals surface area (Å²) < 4.78 is 39.7. The van der Waals surface area contributed by atoms with Gasteiger partial charge in [-0.1, -0.05) is 6.07 Å². The van der Waals surface area contributed by atoms with Gasteiger partial charge in [-0.25, -0.2) is 4.79 Å². The van der Waals surface area contributed by atoms with Crippen molar-refractivity contribution in [3.05, 3.63) is 47.9 Å². The van der Waals surface area contributed by atoms with Gasteiger partial charge in [0.25, 0.3) is 0 Å². The number of hydrogen-bond acceptors (Lipinski definition) is 9. The number of methoxy groups -OCH3 is 2. The highest BCUT2D eigenvalue weighted by Crippen LogP contribution is 2.37. The molecule has 0 atom stereocenters. The van der Waals surface area contributed by atoms with Gasteiger partial charge in [0.15, 0.2) is 11.5 Å². The van der Waals surface area contributed by atoms with E-state index in [4.69, 9.17) is 15.2 Å². The van der Waals surface area contributed by atoms with E-state index in [-0.39, 0.29) is 6.54 Å². The summed E-state index contributed by atoms with van der Waals surface area (Å²) in [6.45, 7) is -0.233. The zero-order valence-electron chi connectivity index (χ0n) is 16.4. The topological polar surface area (TPSA) is 167 Å². The van der Waals surface area contributed by atoms with E-state index in [1.165, 1.54) is 26.6 Å². The Morgan fingerprint density at radius 3 is 2.45 bits per heavy atom. The maximum absolute atomic E-state index is 11.5. The van der Waals surface area contributed by atoms with Gasteiger partial charge in [0.2, 0.25) is 0 Å². The summed E-state index contributed by atoms with van der Waals surface area (Å²) in [6.07, 6.45) is 1.49. The average Bonchev–Trinajstić information content (AvgIpc) is 2.75. The molecular formula is C19H17N5O6S. The van der Waals surface area contributed by atoms with Crippen molar-refractivity contribution in [1.82, 2.24) is 14.7 Å². The third-order valence-corrected chi connectivity index (χ3v) is 5.11. The second-order valence-electron chi connectivity index (χ2n) is 6.10. The molecule has 11 nitrogen and oxygen atoms in total. The molecule has 0 aliphatic carbocycles. The number of carbonyl (C=O) groups is 1. The monoisotopic (exact) mass is 443 g/mol. The fraction of sp³-hybridized carbons (Fsp3) is 0.158. The molecular weight excluding hydrogens is 426 g/mol. The van der Waals surface area contributed by atoms with Crippen LogP contribution in [-0.2, 0) is 21.0 Å². The molecule has 0 saturated heterocycles. The van der Waals surface area contributed by atoms with E-state index in [9.17, 15) is 18.5 Å². The highest BCUT2D eigenvalue weighted by Gasteiger charge is 2.17. The Morgan fingerprint density at radius 1 is 1.16 bits per heavy atom. The van der Waals surface area contributed by atoms with Crippen molar-refractivity contribution < 1.29 is 26.9 Å². The molecule has 0 aliphatic rings. The van der Waals surface area contributed by atoms with Gasteiger partial charge >= 0.3 is 16.4 Å². The lowest BCUT2D eigenvalue weighted by molar-refractivity contribution is 0.212. The van der Waals surface area contributed by atoms with Crippen molar-refractivity contribution in [1.29, 1.82) is 5.26 Å². The lowest BCUT2D eigenvalue weighted by atomic mass is 9.97. The van der Waals surface area contributed by atoms with Crippen molar-refractivity contribution in [2.45, 2.75) is 6.54 Å². The van der Waals surface area contributed by atoms with Crippen LogP contribution in [0, 0.1) is 11.3 Å². The van der Waals surface area contributed by atoms with Crippen molar-refractivity contribution in [3.63, 3.8) is 0 Å². The first-order valence-electron chi connectivity index (χ1n) is 8.66. The number of hydrogen-bond donors (Lipinski definition) is 2. The van der Waals surface area contributed by atoms with Crippen LogP contribution in [0.3, 0.4) is 0 Å². The van der Waals surface area contributed by atoms with Crippen LogP contribution in [0.25, 0.3) is 22.0 Å². The number of benzene rings is 1. The van der Waals surface area contributed by atoms with Gasteiger partial charge < -0.3 is 19.4 Å². The smallest absolute Gasteiger partial charge is 0.421 e. The minimum absolute atomic E-state index is 0.233. The fourth-order valence-electron chi connectivity index (χ4n) is 2.89. The van der Waals surface area contributed by atoms with Crippen LogP contribution in [-0.4, -0.2) is 38.7 Å². The number of nitrogens with two attached hydrogens (primary N) is 1. The number of nitrogens with zero attached hydrogens (tertiary/aromatic N) is 3. The molecule has 3 N–H and O–H groups in total. The quantitative estimate of drug-likeness (QED) is 0.551. The summed E-state index contributed by atoms with van der Waals surface area (Å²) in [5.74, 6) is 0.971. The number of ether oxygens (including phenoxy) is 2. The van der Waals surface area contributed by atoms with E-state index in [0.717, 1.165) is 0 Å². The molecule has 0 radical (unpaired) electrons. The van der Waals surface area contributed by atoms with Gasteiger partial charge in [-0.2, -0.15) is 18.4 Å². The number of aromatic nitrogens is 2. The molecule has 1 aromatic carbocycles. The normalized spacial score (nSPS) is 11.0. The first kappa shape index (κ1) is 21.8. The van der Waals surface area contributed by atoms with Crippen LogP contribution in [0.4, 0.5) is 4.79 Å². The number of nitrogens with one attached hydrogen (secondary N) is 1. The molecule has 0 fully saturated rings. The third kappa shape index (κ3) is 4.80. The van der Waals surface area contributed by atoms with Crippen molar-refractivity contribution in [2.24, 2.45) is 5.73 Å². The largest absolute Gasteiger partial charge is 0.493 e. The van der Waals surface area contributed by atoms with Crippen LogP contribution in [0.2, 0.25) is 0 Å². The van der Waals surface area contributed by atoms with E-state index in [1.807, 2.05) is 4.72 Å². The SMILES string of the molecule is COc1cc2ncc(C#N)c(-c3ccc(CNS(=O)(=O)OC(N)=O)nc3)c2cc1OC. The summed E-state index contributed by atoms with van der Waals surface area (Å²) in [5.41, 5.74) is 7.15. The second-order valence-corrected chi connectivity index (χ2v) is 7.46. The predicted octanol–water partition coefficient (Wildman–Crippen LogP) is 1.62. The molecule has 0 unspecified atom stereocenters. The Kier molecular flexibility index (Phi) is 6.19. The Hall–Kier alpha value is -3.95. The summed E-state index contributed by atoms with van der Waals surface area (Å²) >= 11 is 0. The Bertz CT molecular complexity index is 1290. The van der Waals surface area contributed by atoms with Gasteiger partial charge in [-0.15, -0.1) is 0 Å². The van der Waals surface area contributed by atoms with Gasteiger partial charge in [-0.3, -0.25) is 9.97 Å². The molecule has 1 amide bonds. The molecule has 2 aromatic heterocycles. The number of fused-ring (bicyclic) bond motifs is 1. The highest BCUT2D eigenvalue weighted by atomic mass is 32.2. The van der Waals surface area contributed by atoms with Crippen LogP contribution < -0.4 is 19.9 Å². The van der Waals surface area contributed by atoms with Gasteiger partial charge in [0.1, 0.15) is 6.07 Å². The van der Waals surface area contributed by atoms with Crippen molar-refractivity contribution in [2.75, 3.05) is 14.2 Å². The van der Waals surface area contributed by atoms with E-state index in [2.05, 4.69) is 20.2 Å². The minimum Gasteiger partial charge on any atom is -0.493 e. The number of amides is 1. The van der Waals surface area contributed by atoms with Crippen molar-refractivity contribution >= 4 is 27.3 Å². The first-order valence-corrected chi connectivity index (χ1v) is 10.1. The molecule has 3 rings (SSSR count). The number of pyridine rings is 2.